The fourth-order valence-corrected chi connectivity index (χ4v) is 4.20. The highest BCUT2D eigenvalue weighted by Gasteiger charge is 2.22. The van der Waals surface area contributed by atoms with Gasteiger partial charge in [-0.15, -0.1) is 16.4 Å². The summed E-state index contributed by atoms with van der Waals surface area (Å²) in [5.74, 6) is 0.822. The van der Waals surface area contributed by atoms with Crippen LogP contribution in [0.1, 0.15) is 11.1 Å². The summed E-state index contributed by atoms with van der Waals surface area (Å²) in [6.45, 7) is 0.599. The first kappa shape index (κ1) is 19.4. The number of hydrogen-bond donors (Lipinski definition) is 2. The maximum Gasteiger partial charge on any atom is 0.240 e. The molecule has 2 aromatic carbocycles. The number of benzene rings is 2. The van der Waals surface area contributed by atoms with Gasteiger partial charge in [0.25, 0.3) is 0 Å². The largest absolute Gasteiger partial charge is 0.497 e. The topological polar surface area (TPSA) is 110 Å². The zero-order chi connectivity index (χ0) is 20.9. The molecule has 0 fully saturated rings. The Kier molecular flexibility index (Phi) is 5.54. The minimum Gasteiger partial charge on any atom is -0.497 e. The van der Waals surface area contributed by atoms with Gasteiger partial charge in [-0.25, -0.2) is 4.98 Å². The van der Waals surface area contributed by atoms with Crippen LogP contribution in [0.4, 0.5) is 10.9 Å². The standard InChI is InChI=1S/C22H18N6OS/c1-29-16-9-7-15(8-10-16)19-17(11-23)21(25-12-14-5-3-2-4-6-14)30-20(19)18-13-26-28-22(24)27-18/h2-10,13,25H,12H2,1H3,(H2,24,27,28). The molecule has 0 unspecified atom stereocenters. The van der Waals surface area contributed by atoms with E-state index in [1.807, 2.05) is 54.6 Å². The van der Waals surface area contributed by atoms with Crippen LogP contribution >= 0.6 is 11.3 Å². The van der Waals surface area contributed by atoms with Gasteiger partial charge in [0.2, 0.25) is 5.95 Å². The summed E-state index contributed by atoms with van der Waals surface area (Å²) >= 11 is 1.45. The summed E-state index contributed by atoms with van der Waals surface area (Å²) in [7, 11) is 1.62. The van der Waals surface area contributed by atoms with E-state index in [1.54, 1.807) is 13.3 Å². The van der Waals surface area contributed by atoms with Gasteiger partial charge in [-0.1, -0.05) is 42.5 Å². The van der Waals surface area contributed by atoms with E-state index in [4.69, 9.17) is 10.5 Å². The lowest BCUT2D eigenvalue weighted by molar-refractivity contribution is 0.415. The molecule has 0 aliphatic rings. The smallest absolute Gasteiger partial charge is 0.240 e. The van der Waals surface area contributed by atoms with Gasteiger partial charge in [0, 0.05) is 12.1 Å². The van der Waals surface area contributed by atoms with Crippen LogP contribution in [0.2, 0.25) is 0 Å². The van der Waals surface area contributed by atoms with Crippen molar-refractivity contribution in [3.05, 3.63) is 71.9 Å². The zero-order valence-corrected chi connectivity index (χ0v) is 17.0. The van der Waals surface area contributed by atoms with Crippen LogP contribution in [0.3, 0.4) is 0 Å². The minimum absolute atomic E-state index is 0.0823. The van der Waals surface area contributed by atoms with Gasteiger partial charge in [0.1, 0.15) is 22.5 Å². The van der Waals surface area contributed by atoms with E-state index in [0.29, 0.717) is 17.8 Å². The van der Waals surface area contributed by atoms with E-state index in [2.05, 4.69) is 26.6 Å². The second-order valence-corrected chi connectivity index (χ2v) is 7.41. The van der Waals surface area contributed by atoms with Gasteiger partial charge in [-0.2, -0.15) is 10.4 Å². The number of nitrogens with two attached hydrogens (primary N) is 1. The van der Waals surface area contributed by atoms with Crippen LogP contribution in [0.25, 0.3) is 21.7 Å². The normalized spacial score (nSPS) is 10.4. The Morgan fingerprint density at radius 1 is 1.13 bits per heavy atom. The number of nitrogens with zero attached hydrogens (tertiary/aromatic N) is 4. The number of nitrogen functional groups attached to an aromatic ring is 1. The average Bonchev–Trinajstić information content (AvgIpc) is 3.17. The molecule has 0 aliphatic heterocycles. The number of anilines is 2. The first-order valence-corrected chi connectivity index (χ1v) is 9.96. The predicted octanol–water partition coefficient (Wildman–Crippen LogP) is 4.34. The molecular formula is C22H18N6OS. The summed E-state index contributed by atoms with van der Waals surface area (Å²) in [6.07, 6.45) is 1.55. The molecule has 148 valence electrons. The third kappa shape index (κ3) is 3.92. The molecule has 2 heterocycles. The Morgan fingerprint density at radius 2 is 1.90 bits per heavy atom. The van der Waals surface area contributed by atoms with Gasteiger partial charge in [0.05, 0.1) is 23.7 Å². The minimum atomic E-state index is 0.0823. The summed E-state index contributed by atoms with van der Waals surface area (Å²) < 4.78 is 5.26. The Balaban J connectivity index is 1.82. The van der Waals surface area contributed by atoms with Crippen molar-refractivity contribution in [2.75, 3.05) is 18.2 Å². The van der Waals surface area contributed by atoms with E-state index in [9.17, 15) is 5.26 Å². The van der Waals surface area contributed by atoms with Crippen LogP contribution in [0, 0.1) is 11.3 Å². The Bertz CT molecular complexity index is 1200. The van der Waals surface area contributed by atoms with Gasteiger partial charge in [-0.3, -0.25) is 0 Å². The molecule has 0 aliphatic carbocycles. The number of aromatic nitrogens is 3. The van der Waals surface area contributed by atoms with E-state index >= 15 is 0 Å². The Labute approximate surface area is 177 Å². The number of hydrogen-bond acceptors (Lipinski definition) is 8. The van der Waals surface area contributed by atoms with Crippen molar-refractivity contribution in [1.29, 1.82) is 5.26 Å². The van der Waals surface area contributed by atoms with Crippen molar-refractivity contribution in [1.82, 2.24) is 15.2 Å². The van der Waals surface area contributed by atoms with Crippen LogP contribution in [0.15, 0.2) is 60.8 Å². The molecule has 30 heavy (non-hydrogen) atoms. The third-order valence-electron chi connectivity index (χ3n) is 4.50. The molecule has 0 radical (unpaired) electrons. The lowest BCUT2D eigenvalue weighted by Crippen LogP contribution is -1.99. The second kappa shape index (κ2) is 8.59. The van der Waals surface area contributed by atoms with Crippen LogP contribution in [0.5, 0.6) is 5.75 Å². The second-order valence-electron chi connectivity index (χ2n) is 6.39. The number of methoxy groups -OCH3 is 1. The molecule has 3 N–H and O–H groups in total. The van der Waals surface area contributed by atoms with Crippen molar-refractivity contribution in [3.8, 4) is 33.5 Å². The number of nitrogens with one attached hydrogen (secondary N) is 1. The molecule has 4 rings (SSSR count). The number of rotatable bonds is 6. The van der Waals surface area contributed by atoms with Crippen molar-refractivity contribution in [2.45, 2.75) is 6.54 Å². The highest BCUT2D eigenvalue weighted by molar-refractivity contribution is 7.20. The molecule has 0 spiro atoms. The van der Waals surface area contributed by atoms with Crippen molar-refractivity contribution >= 4 is 22.3 Å². The summed E-state index contributed by atoms with van der Waals surface area (Å²) in [5.41, 5.74) is 9.66. The highest BCUT2D eigenvalue weighted by atomic mass is 32.1. The van der Waals surface area contributed by atoms with E-state index < -0.39 is 0 Å². The van der Waals surface area contributed by atoms with Gasteiger partial charge in [-0.05, 0) is 23.3 Å². The molecule has 8 heteroatoms. The zero-order valence-electron chi connectivity index (χ0n) is 16.2. The molecule has 0 amide bonds. The first-order valence-electron chi connectivity index (χ1n) is 9.14. The summed E-state index contributed by atoms with van der Waals surface area (Å²) in [6, 6.07) is 19.9. The molecular weight excluding hydrogens is 396 g/mol. The molecule has 0 bridgehead atoms. The lowest BCUT2D eigenvalue weighted by Gasteiger charge is -2.07. The Morgan fingerprint density at radius 3 is 2.57 bits per heavy atom. The molecule has 4 aromatic rings. The molecule has 0 saturated heterocycles. The third-order valence-corrected chi connectivity index (χ3v) is 5.67. The molecule has 2 aromatic heterocycles. The Hall–Kier alpha value is -3.96. The maximum absolute atomic E-state index is 9.99. The number of ether oxygens (including phenoxy) is 1. The van der Waals surface area contributed by atoms with E-state index in [0.717, 1.165) is 32.3 Å². The van der Waals surface area contributed by atoms with Crippen LogP contribution in [-0.2, 0) is 6.54 Å². The monoisotopic (exact) mass is 414 g/mol. The average molecular weight is 414 g/mol. The van der Waals surface area contributed by atoms with E-state index in [-0.39, 0.29) is 5.95 Å². The molecule has 0 atom stereocenters. The maximum atomic E-state index is 9.99. The van der Waals surface area contributed by atoms with Crippen molar-refractivity contribution in [3.63, 3.8) is 0 Å². The summed E-state index contributed by atoms with van der Waals surface area (Å²) in [5, 5.41) is 21.8. The number of thiophene rings is 1. The fourth-order valence-electron chi connectivity index (χ4n) is 3.08. The molecule has 7 nitrogen and oxygen atoms in total. The summed E-state index contributed by atoms with van der Waals surface area (Å²) in [4.78, 5) is 5.12. The number of nitriles is 1. The van der Waals surface area contributed by atoms with Crippen LogP contribution in [-0.4, -0.2) is 22.3 Å². The van der Waals surface area contributed by atoms with Crippen molar-refractivity contribution in [2.24, 2.45) is 0 Å². The fraction of sp³-hybridized carbons (Fsp3) is 0.0909. The lowest BCUT2D eigenvalue weighted by atomic mass is 10.0. The highest BCUT2D eigenvalue weighted by Crippen LogP contribution is 2.45. The van der Waals surface area contributed by atoms with Gasteiger partial charge in [0.15, 0.2) is 0 Å². The predicted molar refractivity (Wildman–Crippen MR) is 118 cm³/mol. The molecule has 0 saturated carbocycles. The quantitative estimate of drug-likeness (QED) is 0.483. The van der Waals surface area contributed by atoms with Gasteiger partial charge >= 0.3 is 0 Å². The first-order chi connectivity index (χ1) is 14.7. The van der Waals surface area contributed by atoms with E-state index in [1.165, 1.54) is 11.3 Å². The van der Waals surface area contributed by atoms with Gasteiger partial charge < -0.3 is 15.8 Å². The van der Waals surface area contributed by atoms with Crippen molar-refractivity contribution < 1.29 is 4.74 Å². The SMILES string of the molecule is COc1ccc(-c2c(-c3cnnc(N)n3)sc(NCc3ccccc3)c2C#N)cc1. The van der Waals surface area contributed by atoms with Crippen LogP contribution < -0.4 is 15.8 Å².